The average Bonchev–Trinajstić information content (AvgIpc) is 2.78. The normalized spacial score (nSPS) is 15.5. The van der Waals surface area contributed by atoms with Crippen LogP contribution in [0, 0.1) is 11.3 Å². The summed E-state index contributed by atoms with van der Waals surface area (Å²) in [4.78, 5) is 13.2. The summed E-state index contributed by atoms with van der Waals surface area (Å²) in [5, 5.41) is 12.1. The van der Waals surface area contributed by atoms with Gasteiger partial charge >= 0.3 is 5.63 Å². The lowest BCUT2D eigenvalue weighted by Crippen LogP contribution is -2.26. The van der Waals surface area contributed by atoms with Crippen LogP contribution in [0.5, 0.6) is 11.5 Å². The van der Waals surface area contributed by atoms with E-state index in [4.69, 9.17) is 19.6 Å². The number of fused-ring (bicyclic) bond motifs is 5. The van der Waals surface area contributed by atoms with Crippen molar-refractivity contribution in [2.45, 2.75) is 5.92 Å². The molecule has 0 saturated carbocycles. The van der Waals surface area contributed by atoms with Crippen LogP contribution in [-0.4, -0.2) is 7.11 Å². The highest BCUT2D eigenvalue weighted by Gasteiger charge is 2.35. The van der Waals surface area contributed by atoms with Crippen LogP contribution < -0.4 is 20.8 Å². The first kappa shape index (κ1) is 17.8. The van der Waals surface area contributed by atoms with Crippen LogP contribution in [0.15, 0.2) is 81.3 Å². The van der Waals surface area contributed by atoms with Gasteiger partial charge in [-0.25, -0.2) is 4.79 Å². The molecule has 1 aliphatic heterocycles. The summed E-state index contributed by atoms with van der Waals surface area (Å²) >= 11 is 0. The average molecular weight is 396 g/mol. The third-order valence-electron chi connectivity index (χ3n) is 5.41. The first-order valence-corrected chi connectivity index (χ1v) is 9.32. The quantitative estimate of drug-likeness (QED) is 0.403. The Bertz CT molecular complexity index is 1440. The molecule has 1 atom stereocenters. The summed E-state index contributed by atoms with van der Waals surface area (Å²) in [6.07, 6.45) is 0. The lowest BCUT2D eigenvalue weighted by Gasteiger charge is -2.26. The zero-order chi connectivity index (χ0) is 20.8. The minimum Gasteiger partial charge on any atom is -0.497 e. The number of benzene rings is 3. The molecule has 6 nitrogen and oxygen atoms in total. The largest absolute Gasteiger partial charge is 0.497 e. The van der Waals surface area contributed by atoms with Crippen LogP contribution in [0.1, 0.15) is 17.0 Å². The van der Waals surface area contributed by atoms with Crippen LogP contribution >= 0.6 is 0 Å². The van der Waals surface area contributed by atoms with E-state index < -0.39 is 11.5 Å². The third kappa shape index (κ3) is 2.53. The molecule has 0 aliphatic carbocycles. The molecular weight excluding hydrogens is 380 g/mol. The van der Waals surface area contributed by atoms with E-state index in [2.05, 4.69) is 6.07 Å². The molecular formula is C24H16N2O4. The summed E-state index contributed by atoms with van der Waals surface area (Å²) in [5.74, 6) is 0.269. The molecule has 146 valence electrons. The van der Waals surface area contributed by atoms with Crippen molar-refractivity contribution in [1.29, 1.82) is 5.26 Å². The number of nitriles is 1. The fourth-order valence-corrected chi connectivity index (χ4v) is 3.98. The van der Waals surface area contributed by atoms with Gasteiger partial charge in [0, 0.05) is 5.39 Å². The number of hydrogen-bond donors (Lipinski definition) is 1. The molecule has 30 heavy (non-hydrogen) atoms. The Labute approximate surface area is 171 Å². The summed E-state index contributed by atoms with van der Waals surface area (Å²) < 4.78 is 16.8. The van der Waals surface area contributed by atoms with Gasteiger partial charge in [-0.1, -0.05) is 42.5 Å². The first-order valence-electron chi connectivity index (χ1n) is 9.32. The topological polar surface area (TPSA) is 98.5 Å². The number of hydrogen-bond acceptors (Lipinski definition) is 6. The summed E-state index contributed by atoms with van der Waals surface area (Å²) in [7, 11) is 1.57. The standard InChI is InChI=1S/C24H16N2O4/c1-28-15-9-6-14(7-10-15)19-18(12-25)23(26)29-22-17-11-8-13-4-2-3-5-16(13)21(17)30-24(27)20(19)22/h2-11,19H,26H2,1H3. The van der Waals surface area contributed by atoms with E-state index in [1.807, 2.05) is 36.4 Å². The van der Waals surface area contributed by atoms with Gasteiger partial charge in [-0.05, 0) is 29.1 Å². The molecule has 0 bridgehead atoms. The molecule has 3 aromatic carbocycles. The molecule has 4 aromatic rings. The molecule has 0 spiro atoms. The second-order valence-electron chi connectivity index (χ2n) is 6.99. The molecule has 1 unspecified atom stereocenters. The molecule has 2 heterocycles. The predicted molar refractivity (Wildman–Crippen MR) is 112 cm³/mol. The number of rotatable bonds is 2. The number of allylic oxidation sites excluding steroid dienone is 1. The Kier molecular flexibility index (Phi) is 3.97. The molecule has 2 N–H and O–H groups in total. The minimum atomic E-state index is -0.697. The smallest absolute Gasteiger partial charge is 0.344 e. The van der Waals surface area contributed by atoms with Crippen molar-refractivity contribution in [3.63, 3.8) is 0 Å². The van der Waals surface area contributed by atoms with Gasteiger partial charge in [-0.3, -0.25) is 0 Å². The number of methoxy groups -OCH3 is 1. The van der Waals surface area contributed by atoms with Crippen molar-refractivity contribution in [1.82, 2.24) is 0 Å². The maximum atomic E-state index is 13.2. The van der Waals surface area contributed by atoms with Crippen LogP contribution in [0.2, 0.25) is 0 Å². The zero-order valence-electron chi connectivity index (χ0n) is 16.0. The molecule has 0 saturated heterocycles. The zero-order valence-corrected chi connectivity index (χ0v) is 16.0. The lowest BCUT2D eigenvalue weighted by atomic mass is 9.83. The van der Waals surface area contributed by atoms with Crippen molar-refractivity contribution in [2.75, 3.05) is 7.11 Å². The summed E-state index contributed by atoms with van der Waals surface area (Å²) in [6, 6.07) is 20.6. The van der Waals surface area contributed by atoms with Crippen molar-refractivity contribution in [3.05, 3.63) is 93.7 Å². The lowest BCUT2D eigenvalue weighted by molar-refractivity contribution is 0.388. The predicted octanol–water partition coefficient (Wildman–Crippen LogP) is 4.17. The van der Waals surface area contributed by atoms with Gasteiger partial charge in [0.2, 0.25) is 5.88 Å². The Balaban J connectivity index is 1.84. The summed E-state index contributed by atoms with van der Waals surface area (Å²) in [5.41, 5.74) is 7.13. The highest BCUT2D eigenvalue weighted by molar-refractivity contribution is 6.06. The van der Waals surface area contributed by atoms with Crippen molar-refractivity contribution in [3.8, 4) is 17.6 Å². The maximum absolute atomic E-state index is 13.2. The van der Waals surface area contributed by atoms with Gasteiger partial charge in [-0.2, -0.15) is 5.26 Å². The molecule has 0 amide bonds. The van der Waals surface area contributed by atoms with E-state index in [9.17, 15) is 10.1 Å². The monoisotopic (exact) mass is 396 g/mol. The van der Waals surface area contributed by atoms with Crippen LogP contribution in [0.3, 0.4) is 0 Å². The molecule has 1 aromatic heterocycles. The Hall–Kier alpha value is -4.24. The SMILES string of the molecule is COc1ccc(C2C(C#N)=C(N)Oc3c2c(=O)oc2c3ccc3ccccc32)cc1. The van der Waals surface area contributed by atoms with Crippen molar-refractivity contribution < 1.29 is 13.9 Å². The van der Waals surface area contributed by atoms with Crippen molar-refractivity contribution >= 4 is 21.7 Å². The minimum absolute atomic E-state index is 0.0223. The van der Waals surface area contributed by atoms with E-state index in [1.165, 1.54) is 0 Å². The maximum Gasteiger partial charge on any atom is 0.344 e. The van der Waals surface area contributed by atoms with Crippen molar-refractivity contribution in [2.24, 2.45) is 5.73 Å². The van der Waals surface area contributed by atoms with Gasteiger partial charge in [0.05, 0.1) is 24.0 Å². The molecule has 6 heteroatoms. The Morgan fingerprint density at radius 2 is 1.80 bits per heavy atom. The number of nitrogens with two attached hydrogens (primary N) is 1. The summed E-state index contributed by atoms with van der Waals surface area (Å²) in [6.45, 7) is 0. The van der Waals surface area contributed by atoms with E-state index in [0.717, 1.165) is 10.8 Å². The van der Waals surface area contributed by atoms with E-state index in [-0.39, 0.29) is 17.0 Å². The highest BCUT2D eigenvalue weighted by atomic mass is 16.5. The molecule has 1 aliphatic rings. The van der Waals surface area contributed by atoms with Crippen LogP contribution in [0.25, 0.3) is 21.7 Å². The van der Waals surface area contributed by atoms with Gasteiger partial charge in [0.1, 0.15) is 23.0 Å². The number of ether oxygens (including phenoxy) is 2. The van der Waals surface area contributed by atoms with Gasteiger partial charge in [0.15, 0.2) is 5.75 Å². The third-order valence-corrected chi connectivity index (χ3v) is 5.41. The van der Waals surface area contributed by atoms with E-state index >= 15 is 0 Å². The van der Waals surface area contributed by atoms with Crippen LogP contribution in [-0.2, 0) is 0 Å². The molecule has 0 fully saturated rings. The van der Waals surface area contributed by atoms with Gasteiger partial charge < -0.3 is 19.6 Å². The fraction of sp³-hybridized carbons (Fsp3) is 0.0833. The second kappa shape index (κ2) is 6.68. The second-order valence-corrected chi connectivity index (χ2v) is 6.99. The molecule has 0 radical (unpaired) electrons. The fourth-order valence-electron chi connectivity index (χ4n) is 3.98. The number of nitrogens with zero attached hydrogens (tertiary/aromatic N) is 1. The van der Waals surface area contributed by atoms with E-state index in [1.54, 1.807) is 31.4 Å². The Morgan fingerprint density at radius 1 is 1.03 bits per heavy atom. The molecule has 5 rings (SSSR count). The van der Waals surface area contributed by atoms with E-state index in [0.29, 0.717) is 28.0 Å². The first-order chi connectivity index (χ1) is 14.6. The highest BCUT2D eigenvalue weighted by Crippen LogP contribution is 2.44. The van der Waals surface area contributed by atoms with Crippen LogP contribution in [0.4, 0.5) is 0 Å². The van der Waals surface area contributed by atoms with Gasteiger partial charge in [0.25, 0.3) is 0 Å². The Morgan fingerprint density at radius 3 is 2.53 bits per heavy atom. The van der Waals surface area contributed by atoms with Gasteiger partial charge in [-0.15, -0.1) is 0 Å².